The SMILES string of the molecule is NC1CCCCCN1S(=O)(=O)CCCC(F)(F)F. The molecule has 1 atom stereocenters. The Balaban J connectivity index is 2.56. The summed E-state index contributed by atoms with van der Waals surface area (Å²) in [4.78, 5) is 0. The Labute approximate surface area is 105 Å². The molecule has 0 aromatic rings. The number of hydrogen-bond donors (Lipinski definition) is 1. The zero-order valence-corrected chi connectivity index (χ0v) is 10.9. The van der Waals surface area contributed by atoms with Crippen molar-refractivity contribution in [2.24, 2.45) is 5.73 Å². The van der Waals surface area contributed by atoms with E-state index in [0.717, 1.165) is 17.1 Å². The molecule has 1 aliphatic heterocycles. The highest BCUT2D eigenvalue weighted by atomic mass is 32.2. The fourth-order valence-corrected chi connectivity index (χ4v) is 3.69. The minimum atomic E-state index is -4.31. The molecular weight excluding hydrogens is 269 g/mol. The normalized spacial score (nSPS) is 23.9. The Hall–Kier alpha value is -0.340. The van der Waals surface area contributed by atoms with E-state index >= 15 is 0 Å². The van der Waals surface area contributed by atoms with E-state index in [0.29, 0.717) is 19.4 Å². The Morgan fingerprint density at radius 2 is 1.89 bits per heavy atom. The summed E-state index contributed by atoms with van der Waals surface area (Å²) in [6.07, 6.45) is -3.34. The van der Waals surface area contributed by atoms with Gasteiger partial charge in [0, 0.05) is 13.0 Å². The van der Waals surface area contributed by atoms with E-state index in [1.54, 1.807) is 0 Å². The van der Waals surface area contributed by atoms with Crippen LogP contribution in [0.1, 0.15) is 38.5 Å². The summed E-state index contributed by atoms with van der Waals surface area (Å²) in [6, 6.07) is 0. The number of halogens is 3. The van der Waals surface area contributed by atoms with Gasteiger partial charge in [-0.25, -0.2) is 8.42 Å². The highest BCUT2D eigenvalue weighted by Crippen LogP contribution is 2.23. The van der Waals surface area contributed by atoms with Crippen LogP contribution in [0, 0.1) is 0 Å². The van der Waals surface area contributed by atoms with Crippen LogP contribution in [0.2, 0.25) is 0 Å². The van der Waals surface area contributed by atoms with E-state index in [9.17, 15) is 21.6 Å². The molecule has 0 aliphatic carbocycles. The second-order valence-corrected chi connectivity index (χ2v) is 6.60. The summed E-state index contributed by atoms with van der Waals surface area (Å²) < 4.78 is 60.9. The molecule has 1 unspecified atom stereocenters. The van der Waals surface area contributed by atoms with Gasteiger partial charge < -0.3 is 5.73 Å². The summed E-state index contributed by atoms with van der Waals surface area (Å²) in [6.45, 7) is 0.315. The summed E-state index contributed by atoms with van der Waals surface area (Å²) >= 11 is 0. The summed E-state index contributed by atoms with van der Waals surface area (Å²) in [5.41, 5.74) is 5.75. The van der Waals surface area contributed by atoms with Crippen LogP contribution in [-0.4, -0.2) is 37.4 Å². The molecule has 18 heavy (non-hydrogen) atoms. The van der Waals surface area contributed by atoms with Gasteiger partial charge in [-0.15, -0.1) is 0 Å². The van der Waals surface area contributed by atoms with E-state index in [-0.39, 0.29) is 0 Å². The smallest absolute Gasteiger partial charge is 0.315 e. The minimum Gasteiger partial charge on any atom is -0.315 e. The van der Waals surface area contributed by atoms with Crippen LogP contribution < -0.4 is 5.73 Å². The summed E-state index contributed by atoms with van der Waals surface area (Å²) in [5, 5.41) is 0. The third-order valence-electron chi connectivity index (χ3n) is 2.97. The molecule has 0 bridgehead atoms. The van der Waals surface area contributed by atoms with Gasteiger partial charge in [0.15, 0.2) is 0 Å². The first-order valence-electron chi connectivity index (χ1n) is 6.04. The highest BCUT2D eigenvalue weighted by Gasteiger charge is 2.31. The fourth-order valence-electron chi connectivity index (χ4n) is 2.03. The van der Waals surface area contributed by atoms with Gasteiger partial charge in [0.05, 0.1) is 11.9 Å². The van der Waals surface area contributed by atoms with Crippen molar-refractivity contribution in [1.29, 1.82) is 0 Å². The van der Waals surface area contributed by atoms with Gasteiger partial charge in [-0.2, -0.15) is 17.5 Å². The van der Waals surface area contributed by atoms with Crippen molar-refractivity contribution < 1.29 is 21.6 Å². The second kappa shape index (κ2) is 6.21. The first kappa shape index (κ1) is 15.7. The zero-order chi connectivity index (χ0) is 13.8. The maximum Gasteiger partial charge on any atom is 0.389 e. The Kier molecular flexibility index (Phi) is 5.42. The van der Waals surface area contributed by atoms with Gasteiger partial charge in [-0.05, 0) is 19.3 Å². The minimum absolute atomic E-state index is 0.315. The number of rotatable bonds is 4. The Morgan fingerprint density at radius 3 is 2.50 bits per heavy atom. The molecule has 1 aliphatic rings. The van der Waals surface area contributed by atoms with E-state index in [4.69, 9.17) is 5.73 Å². The predicted molar refractivity (Wildman–Crippen MR) is 62.2 cm³/mol. The number of hydrogen-bond acceptors (Lipinski definition) is 3. The number of nitrogens with zero attached hydrogens (tertiary/aromatic N) is 1. The molecule has 2 N–H and O–H groups in total. The second-order valence-electron chi connectivity index (χ2n) is 4.56. The maximum absolute atomic E-state index is 12.0. The number of alkyl halides is 3. The molecule has 0 aromatic heterocycles. The van der Waals surface area contributed by atoms with E-state index in [1.807, 2.05) is 0 Å². The largest absolute Gasteiger partial charge is 0.389 e. The lowest BCUT2D eigenvalue weighted by atomic mass is 10.2. The van der Waals surface area contributed by atoms with Crippen molar-refractivity contribution >= 4 is 10.0 Å². The van der Waals surface area contributed by atoms with Gasteiger partial charge in [0.2, 0.25) is 10.0 Å². The van der Waals surface area contributed by atoms with Crippen molar-refractivity contribution in [1.82, 2.24) is 4.31 Å². The molecule has 8 heteroatoms. The van der Waals surface area contributed by atoms with Gasteiger partial charge in [0.1, 0.15) is 0 Å². The molecule has 1 heterocycles. The first-order chi connectivity index (χ1) is 8.22. The summed E-state index contributed by atoms with van der Waals surface area (Å²) in [5.74, 6) is -0.486. The van der Waals surface area contributed by atoms with Crippen molar-refractivity contribution in [2.45, 2.75) is 50.9 Å². The third-order valence-corrected chi connectivity index (χ3v) is 4.94. The van der Waals surface area contributed by atoms with Crippen LogP contribution in [0.15, 0.2) is 0 Å². The fraction of sp³-hybridized carbons (Fsp3) is 1.00. The van der Waals surface area contributed by atoms with Gasteiger partial charge in [-0.1, -0.05) is 12.8 Å². The highest BCUT2D eigenvalue weighted by molar-refractivity contribution is 7.89. The van der Waals surface area contributed by atoms with Gasteiger partial charge in [-0.3, -0.25) is 0 Å². The van der Waals surface area contributed by atoms with Crippen LogP contribution in [0.3, 0.4) is 0 Å². The average Bonchev–Trinajstić information content (AvgIpc) is 2.40. The Morgan fingerprint density at radius 1 is 1.22 bits per heavy atom. The molecular formula is C10H19F3N2O2S. The van der Waals surface area contributed by atoms with Gasteiger partial charge >= 0.3 is 6.18 Å². The third kappa shape index (κ3) is 5.11. The molecule has 0 radical (unpaired) electrons. The standard InChI is InChI=1S/C10H19F3N2O2S/c11-10(12,13)6-4-8-18(16,17)15-7-3-1-2-5-9(15)14/h9H,1-8,14H2. The molecule has 0 saturated carbocycles. The monoisotopic (exact) mass is 288 g/mol. The van der Waals surface area contributed by atoms with E-state index in [2.05, 4.69) is 0 Å². The van der Waals surface area contributed by atoms with Crippen LogP contribution in [0.5, 0.6) is 0 Å². The molecule has 1 fully saturated rings. The van der Waals surface area contributed by atoms with Crippen LogP contribution in [0.4, 0.5) is 13.2 Å². The van der Waals surface area contributed by atoms with Crippen molar-refractivity contribution in [3.63, 3.8) is 0 Å². The molecule has 1 saturated heterocycles. The molecule has 0 spiro atoms. The molecule has 4 nitrogen and oxygen atoms in total. The molecule has 0 aromatic carbocycles. The number of sulfonamides is 1. The van der Waals surface area contributed by atoms with Crippen molar-refractivity contribution in [3.05, 3.63) is 0 Å². The van der Waals surface area contributed by atoms with Crippen LogP contribution in [-0.2, 0) is 10.0 Å². The van der Waals surface area contributed by atoms with Gasteiger partial charge in [0.25, 0.3) is 0 Å². The average molecular weight is 288 g/mol. The summed E-state index contributed by atoms with van der Waals surface area (Å²) in [7, 11) is -3.67. The molecule has 0 amide bonds. The van der Waals surface area contributed by atoms with Crippen LogP contribution >= 0.6 is 0 Å². The topological polar surface area (TPSA) is 63.4 Å². The van der Waals surface area contributed by atoms with E-state index < -0.39 is 41.0 Å². The number of nitrogens with two attached hydrogens (primary N) is 1. The van der Waals surface area contributed by atoms with Crippen LogP contribution in [0.25, 0.3) is 0 Å². The lowest BCUT2D eigenvalue weighted by Gasteiger charge is -2.26. The molecule has 108 valence electrons. The van der Waals surface area contributed by atoms with E-state index in [1.165, 1.54) is 0 Å². The first-order valence-corrected chi connectivity index (χ1v) is 7.65. The molecule has 1 rings (SSSR count). The Bertz CT molecular complexity index is 357. The zero-order valence-electron chi connectivity index (χ0n) is 10.1. The predicted octanol–water partition coefficient (Wildman–Crippen LogP) is 1.82. The lowest BCUT2D eigenvalue weighted by Crippen LogP contribution is -2.46. The van der Waals surface area contributed by atoms with Crippen molar-refractivity contribution in [3.8, 4) is 0 Å². The quantitative estimate of drug-likeness (QED) is 0.858. The lowest BCUT2D eigenvalue weighted by molar-refractivity contribution is -0.134. The van der Waals surface area contributed by atoms with Crippen molar-refractivity contribution in [2.75, 3.05) is 12.3 Å². The maximum atomic E-state index is 12.0.